The van der Waals surface area contributed by atoms with Crippen molar-refractivity contribution in [3.63, 3.8) is 0 Å². The number of aryl methyl sites for hydroxylation is 2. The van der Waals surface area contributed by atoms with E-state index in [0.29, 0.717) is 12.1 Å². The fourth-order valence-electron chi connectivity index (χ4n) is 1.73. The maximum absolute atomic E-state index is 10.1. The van der Waals surface area contributed by atoms with E-state index in [1.54, 1.807) is 10.9 Å². The molecule has 1 unspecified atom stereocenters. The zero-order valence-electron chi connectivity index (χ0n) is 10.0. The Labute approximate surface area is 100 Å². The molecule has 2 aromatic rings. The van der Waals surface area contributed by atoms with Crippen LogP contribution >= 0.6 is 0 Å². The Morgan fingerprint density at radius 3 is 2.94 bits per heavy atom. The monoisotopic (exact) mass is 232 g/mol. The zero-order valence-corrected chi connectivity index (χ0v) is 10.0. The molecular weight excluding hydrogens is 216 g/mol. The van der Waals surface area contributed by atoms with Crippen LogP contribution in [-0.4, -0.2) is 24.9 Å². The predicted molar refractivity (Wildman–Crippen MR) is 63.3 cm³/mol. The molecule has 5 heteroatoms. The second-order valence-electron chi connectivity index (χ2n) is 3.97. The van der Waals surface area contributed by atoms with Crippen LogP contribution in [0.1, 0.15) is 30.1 Å². The van der Waals surface area contributed by atoms with E-state index in [4.69, 9.17) is 0 Å². The molecule has 0 bridgehead atoms. The summed E-state index contributed by atoms with van der Waals surface area (Å²) in [5, 5.41) is 14.2. The summed E-state index contributed by atoms with van der Waals surface area (Å²) >= 11 is 0. The normalized spacial score (nSPS) is 12.6. The van der Waals surface area contributed by atoms with Crippen LogP contribution in [0.15, 0.2) is 24.7 Å². The van der Waals surface area contributed by atoms with Gasteiger partial charge in [0.2, 0.25) is 0 Å². The Bertz CT molecular complexity index is 495. The summed E-state index contributed by atoms with van der Waals surface area (Å²) < 4.78 is 1.78. The average molecular weight is 232 g/mol. The van der Waals surface area contributed by atoms with Crippen molar-refractivity contribution in [3.8, 4) is 0 Å². The SMILES string of the molecule is CCn1ncnc1CC(O)c1cc(C)ccn1. The van der Waals surface area contributed by atoms with Gasteiger partial charge in [-0.15, -0.1) is 0 Å². The van der Waals surface area contributed by atoms with Crippen molar-refractivity contribution in [3.05, 3.63) is 41.7 Å². The molecule has 2 heterocycles. The average Bonchev–Trinajstić information content (AvgIpc) is 2.76. The molecule has 1 atom stereocenters. The lowest BCUT2D eigenvalue weighted by Gasteiger charge is -2.10. The summed E-state index contributed by atoms with van der Waals surface area (Å²) in [6.07, 6.45) is 3.02. The van der Waals surface area contributed by atoms with Crippen molar-refractivity contribution in [2.24, 2.45) is 0 Å². The number of nitrogens with zero attached hydrogens (tertiary/aromatic N) is 4. The van der Waals surface area contributed by atoms with E-state index in [-0.39, 0.29) is 0 Å². The molecule has 0 aliphatic rings. The summed E-state index contributed by atoms with van der Waals surface area (Å²) in [6.45, 7) is 4.73. The topological polar surface area (TPSA) is 63.8 Å². The second kappa shape index (κ2) is 5.05. The van der Waals surface area contributed by atoms with Gasteiger partial charge >= 0.3 is 0 Å². The Kier molecular flexibility index (Phi) is 3.49. The smallest absolute Gasteiger partial charge is 0.138 e. The van der Waals surface area contributed by atoms with Crippen molar-refractivity contribution in [2.45, 2.75) is 32.9 Å². The molecule has 2 aromatic heterocycles. The molecule has 0 amide bonds. The predicted octanol–water partition coefficient (Wildman–Crippen LogP) is 1.28. The Balaban J connectivity index is 2.14. The van der Waals surface area contributed by atoms with Gasteiger partial charge in [-0.05, 0) is 31.5 Å². The Hall–Kier alpha value is -1.75. The highest BCUT2D eigenvalue weighted by Crippen LogP contribution is 2.15. The summed E-state index contributed by atoms with van der Waals surface area (Å²) in [5.41, 5.74) is 1.77. The van der Waals surface area contributed by atoms with Gasteiger partial charge in [0.15, 0.2) is 0 Å². The third-order valence-electron chi connectivity index (χ3n) is 2.65. The highest BCUT2D eigenvalue weighted by molar-refractivity contribution is 5.16. The lowest BCUT2D eigenvalue weighted by molar-refractivity contribution is 0.169. The van der Waals surface area contributed by atoms with Crippen LogP contribution < -0.4 is 0 Å². The second-order valence-corrected chi connectivity index (χ2v) is 3.97. The number of aliphatic hydroxyl groups excluding tert-OH is 1. The van der Waals surface area contributed by atoms with E-state index in [1.165, 1.54) is 6.33 Å². The first-order chi connectivity index (χ1) is 8.20. The van der Waals surface area contributed by atoms with E-state index in [2.05, 4.69) is 15.1 Å². The van der Waals surface area contributed by atoms with E-state index in [0.717, 1.165) is 17.9 Å². The van der Waals surface area contributed by atoms with Gasteiger partial charge in [-0.3, -0.25) is 9.67 Å². The molecule has 1 N–H and O–H groups in total. The number of pyridine rings is 1. The summed E-state index contributed by atoms with van der Waals surface area (Å²) in [6, 6.07) is 3.79. The molecule has 0 radical (unpaired) electrons. The Morgan fingerprint density at radius 1 is 1.41 bits per heavy atom. The molecule has 90 valence electrons. The van der Waals surface area contributed by atoms with Gasteiger partial charge in [-0.2, -0.15) is 5.10 Å². The van der Waals surface area contributed by atoms with Crippen molar-refractivity contribution in [1.29, 1.82) is 0 Å². The first-order valence-corrected chi connectivity index (χ1v) is 5.68. The molecule has 0 saturated heterocycles. The lowest BCUT2D eigenvalue weighted by Crippen LogP contribution is -2.10. The number of aliphatic hydroxyl groups is 1. The van der Waals surface area contributed by atoms with Crippen LogP contribution in [0, 0.1) is 6.92 Å². The number of aromatic nitrogens is 4. The summed E-state index contributed by atoms with van der Waals surface area (Å²) in [5.74, 6) is 0.781. The van der Waals surface area contributed by atoms with Gasteiger partial charge in [0.05, 0.1) is 5.69 Å². The maximum atomic E-state index is 10.1. The molecule has 2 rings (SSSR count). The standard InChI is InChI=1S/C12H16N4O/c1-3-16-12(14-8-15-16)7-11(17)10-6-9(2)4-5-13-10/h4-6,8,11,17H,3,7H2,1-2H3. The summed E-state index contributed by atoms with van der Waals surface area (Å²) in [4.78, 5) is 8.31. The third-order valence-corrected chi connectivity index (χ3v) is 2.65. The van der Waals surface area contributed by atoms with Crippen molar-refractivity contribution in [1.82, 2.24) is 19.7 Å². The van der Waals surface area contributed by atoms with Crippen LogP contribution in [0.3, 0.4) is 0 Å². The van der Waals surface area contributed by atoms with Gasteiger partial charge in [0.25, 0.3) is 0 Å². The van der Waals surface area contributed by atoms with Crippen molar-refractivity contribution >= 4 is 0 Å². The lowest BCUT2D eigenvalue weighted by atomic mass is 10.1. The fourth-order valence-corrected chi connectivity index (χ4v) is 1.73. The van der Waals surface area contributed by atoms with E-state index in [9.17, 15) is 5.11 Å². The van der Waals surface area contributed by atoms with Crippen LogP contribution in [0.25, 0.3) is 0 Å². The van der Waals surface area contributed by atoms with E-state index < -0.39 is 6.10 Å². The number of rotatable bonds is 4. The molecule has 0 spiro atoms. The fraction of sp³-hybridized carbons (Fsp3) is 0.417. The molecule has 17 heavy (non-hydrogen) atoms. The van der Waals surface area contributed by atoms with Crippen molar-refractivity contribution < 1.29 is 5.11 Å². The highest BCUT2D eigenvalue weighted by Gasteiger charge is 2.13. The third kappa shape index (κ3) is 2.68. The van der Waals surface area contributed by atoms with Gasteiger partial charge in [-0.25, -0.2) is 4.98 Å². The molecule has 0 aromatic carbocycles. The number of hydrogen-bond donors (Lipinski definition) is 1. The molecule has 5 nitrogen and oxygen atoms in total. The van der Waals surface area contributed by atoms with Gasteiger partial charge in [-0.1, -0.05) is 0 Å². The van der Waals surface area contributed by atoms with E-state index >= 15 is 0 Å². The number of hydrogen-bond acceptors (Lipinski definition) is 4. The van der Waals surface area contributed by atoms with E-state index in [1.807, 2.05) is 26.0 Å². The van der Waals surface area contributed by atoms with Crippen molar-refractivity contribution in [2.75, 3.05) is 0 Å². The van der Waals surface area contributed by atoms with Crippen LogP contribution in [0.4, 0.5) is 0 Å². The maximum Gasteiger partial charge on any atom is 0.138 e. The van der Waals surface area contributed by atoms with Gasteiger partial charge in [0.1, 0.15) is 18.3 Å². The molecular formula is C12H16N4O. The molecule has 0 saturated carbocycles. The minimum absolute atomic E-state index is 0.435. The zero-order chi connectivity index (χ0) is 12.3. The van der Waals surface area contributed by atoms with Gasteiger partial charge < -0.3 is 5.11 Å². The molecule has 0 aliphatic carbocycles. The quantitative estimate of drug-likeness (QED) is 0.862. The Morgan fingerprint density at radius 2 is 2.24 bits per heavy atom. The highest BCUT2D eigenvalue weighted by atomic mass is 16.3. The molecule has 0 fully saturated rings. The first kappa shape index (κ1) is 11.7. The van der Waals surface area contributed by atoms with Crippen LogP contribution in [0.5, 0.6) is 0 Å². The minimum Gasteiger partial charge on any atom is -0.386 e. The van der Waals surface area contributed by atoms with Crippen LogP contribution in [0.2, 0.25) is 0 Å². The minimum atomic E-state index is -0.635. The summed E-state index contributed by atoms with van der Waals surface area (Å²) in [7, 11) is 0. The molecule has 0 aliphatic heterocycles. The largest absolute Gasteiger partial charge is 0.386 e. The van der Waals surface area contributed by atoms with Crippen LogP contribution in [-0.2, 0) is 13.0 Å². The first-order valence-electron chi connectivity index (χ1n) is 5.68. The van der Waals surface area contributed by atoms with Gasteiger partial charge in [0, 0.05) is 19.2 Å².